The molecule has 5 nitrogen and oxygen atoms in total. The fourth-order valence-electron chi connectivity index (χ4n) is 2.02. The number of rotatable bonds is 3. The maximum Gasteiger partial charge on any atom is 0.343 e. The first-order valence-electron chi connectivity index (χ1n) is 6.63. The van der Waals surface area contributed by atoms with Crippen molar-refractivity contribution in [2.75, 3.05) is 11.9 Å². The van der Waals surface area contributed by atoms with Gasteiger partial charge in [0.1, 0.15) is 5.57 Å². The fraction of sp³-hybridized carbons (Fsp3) is 0.133. The van der Waals surface area contributed by atoms with E-state index in [9.17, 15) is 4.79 Å². The molecule has 0 unspecified atom stereocenters. The molecular weight excluding hydrogens is 322 g/mol. The third-order valence-electron chi connectivity index (χ3n) is 2.94. The lowest BCUT2D eigenvalue weighted by Crippen LogP contribution is -2.12. The zero-order valence-electron chi connectivity index (χ0n) is 11.7. The number of carbonyl (C=O) groups is 1. The van der Waals surface area contributed by atoms with Crippen LogP contribution in [0.2, 0.25) is 5.28 Å². The van der Waals surface area contributed by atoms with Gasteiger partial charge in [-0.3, -0.25) is 0 Å². The number of aromatic nitrogens is 2. The molecule has 7 heteroatoms. The molecule has 112 valence electrons. The van der Waals surface area contributed by atoms with Gasteiger partial charge >= 0.3 is 5.97 Å². The molecule has 1 aliphatic heterocycles. The average molecular weight is 334 g/mol. The van der Waals surface area contributed by atoms with Gasteiger partial charge in [0.15, 0.2) is 0 Å². The van der Waals surface area contributed by atoms with Crippen LogP contribution in [0.15, 0.2) is 46.5 Å². The fourth-order valence-corrected chi connectivity index (χ4v) is 3.22. The Morgan fingerprint density at radius 3 is 2.91 bits per heavy atom. The minimum Gasteiger partial charge on any atom is -0.462 e. The van der Waals surface area contributed by atoms with Crippen molar-refractivity contribution in [1.29, 1.82) is 0 Å². The number of nitrogens with one attached hydrogen (secondary N) is 1. The molecule has 1 aliphatic rings. The molecule has 0 fully saturated rings. The third kappa shape index (κ3) is 2.93. The van der Waals surface area contributed by atoms with Crippen molar-refractivity contribution in [2.24, 2.45) is 0 Å². The average Bonchev–Trinajstić information content (AvgIpc) is 2.91. The Hall–Kier alpha value is -2.05. The number of fused-ring (bicyclic) bond motifs is 1. The molecule has 22 heavy (non-hydrogen) atoms. The molecule has 0 bridgehead atoms. The van der Waals surface area contributed by atoms with E-state index in [1.165, 1.54) is 18.0 Å². The zero-order valence-corrected chi connectivity index (χ0v) is 13.2. The van der Waals surface area contributed by atoms with Gasteiger partial charge in [0, 0.05) is 11.1 Å². The summed E-state index contributed by atoms with van der Waals surface area (Å²) in [7, 11) is 0. The number of esters is 1. The predicted octanol–water partition coefficient (Wildman–Crippen LogP) is 3.58. The van der Waals surface area contributed by atoms with E-state index in [1.807, 2.05) is 24.3 Å². The number of ether oxygens (including phenoxy) is 1. The SMILES string of the molecule is CCOC(=O)/C(=C1/Nc2ccccc2S1)c1ccnc(Cl)n1. The van der Waals surface area contributed by atoms with Crippen molar-refractivity contribution in [3.63, 3.8) is 0 Å². The van der Waals surface area contributed by atoms with E-state index in [-0.39, 0.29) is 11.9 Å². The Balaban J connectivity index is 2.07. The van der Waals surface area contributed by atoms with Gasteiger partial charge in [0.2, 0.25) is 5.28 Å². The smallest absolute Gasteiger partial charge is 0.343 e. The molecule has 0 aliphatic carbocycles. The van der Waals surface area contributed by atoms with E-state index in [4.69, 9.17) is 16.3 Å². The quantitative estimate of drug-likeness (QED) is 0.526. The second-order valence-electron chi connectivity index (χ2n) is 4.36. The van der Waals surface area contributed by atoms with Gasteiger partial charge in [0.25, 0.3) is 0 Å². The monoisotopic (exact) mass is 333 g/mol. The van der Waals surface area contributed by atoms with E-state index >= 15 is 0 Å². The van der Waals surface area contributed by atoms with Crippen molar-refractivity contribution in [3.8, 4) is 0 Å². The van der Waals surface area contributed by atoms with Crippen molar-refractivity contribution >= 4 is 40.6 Å². The van der Waals surface area contributed by atoms with Crippen LogP contribution < -0.4 is 5.32 Å². The Labute approximate surface area is 136 Å². The van der Waals surface area contributed by atoms with Gasteiger partial charge in [-0.05, 0) is 36.7 Å². The van der Waals surface area contributed by atoms with Crippen LogP contribution in [-0.4, -0.2) is 22.5 Å². The molecule has 2 heterocycles. The lowest BCUT2D eigenvalue weighted by Gasteiger charge is -2.10. The molecule has 3 rings (SSSR count). The van der Waals surface area contributed by atoms with E-state index in [0.717, 1.165) is 10.6 Å². The summed E-state index contributed by atoms with van der Waals surface area (Å²) >= 11 is 7.31. The molecular formula is C15H12ClN3O2S. The summed E-state index contributed by atoms with van der Waals surface area (Å²) < 4.78 is 5.16. The second kappa shape index (κ2) is 6.37. The minimum absolute atomic E-state index is 0.0837. The van der Waals surface area contributed by atoms with Crippen LogP contribution in [0.1, 0.15) is 12.6 Å². The first-order valence-corrected chi connectivity index (χ1v) is 7.82. The van der Waals surface area contributed by atoms with Crippen molar-refractivity contribution in [2.45, 2.75) is 11.8 Å². The first kappa shape index (κ1) is 14.9. The number of halogens is 1. The summed E-state index contributed by atoms with van der Waals surface area (Å²) in [4.78, 5) is 21.4. The maximum atomic E-state index is 12.4. The highest BCUT2D eigenvalue weighted by atomic mass is 35.5. The van der Waals surface area contributed by atoms with Crippen LogP contribution in [0, 0.1) is 0 Å². The van der Waals surface area contributed by atoms with Crippen LogP contribution in [0.3, 0.4) is 0 Å². The van der Waals surface area contributed by atoms with Gasteiger partial charge in [-0.1, -0.05) is 23.9 Å². The molecule has 1 aromatic carbocycles. The standard InChI is InChI=1S/C15H12ClN3O2S/c1-2-21-14(20)12(10-7-8-17-15(16)19-10)13-18-9-5-3-4-6-11(9)22-13/h3-8,18H,2H2,1H3/b13-12-. The van der Waals surface area contributed by atoms with Crippen molar-refractivity contribution in [1.82, 2.24) is 9.97 Å². The summed E-state index contributed by atoms with van der Waals surface area (Å²) in [5.74, 6) is -0.444. The summed E-state index contributed by atoms with van der Waals surface area (Å²) in [6.45, 7) is 2.04. The van der Waals surface area contributed by atoms with Gasteiger partial charge < -0.3 is 10.1 Å². The van der Waals surface area contributed by atoms with Crippen LogP contribution in [0.5, 0.6) is 0 Å². The topological polar surface area (TPSA) is 64.1 Å². The van der Waals surface area contributed by atoms with E-state index < -0.39 is 5.97 Å². The number of hydrogen-bond acceptors (Lipinski definition) is 6. The highest BCUT2D eigenvalue weighted by molar-refractivity contribution is 8.04. The van der Waals surface area contributed by atoms with Gasteiger partial charge in [-0.2, -0.15) is 0 Å². The van der Waals surface area contributed by atoms with Crippen LogP contribution in [0.4, 0.5) is 5.69 Å². The van der Waals surface area contributed by atoms with Crippen LogP contribution in [0.25, 0.3) is 5.57 Å². The summed E-state index contributed by atoms with van der Waals surface area (Å²) in [6.07, 6.45) is 1.51. The number of thioether (sulfide) groups is 1. The van der Waals surface area contributed by atoms with Crippen LogP contribution >= 0.6 is 23.4 Å². The highest BCUT2D eigenvalue weighted by Crippen LogP contribution is 2.43. The lowest BCUT2D eigenvalue weighted by molar-refractivity contribution is -0.136. The largest absolute Gasteiger partial charge is 0.462 e. The molecule has 1 aromatic heterocycles. The summed E-state index contributed by atoms with van der Waals surface area (Å²) in [6, 6.07) is 9.44. The Bertz CT molecular complexity index is 737. The van der Waals surface area contributed by atoms with Gasteiger partial charge in [0.05, 0.1) is 23.0 Å². The first-order chi connectivity index (χ1) is 10.7. The van der Waals surface area contributed by atoms with Crippen LogP contribution in [-0.2, 0) is 9.53 Å². The summed E-state index contributed by atoms with van der Waals surface area (Å²) in [5, 5.41) is 3.99. The van der Waals surface area contributed by atoms with Crippen molar-refractivity contribution < 1.29 is 9.53 Å². The van der Waals surface area contributed by atoms with Crippen molar-refractivity contribution in [3.05, 3.63) is 52.5 Å². The Morgan fingerprint density at radius 1 is 1.36 bits per heavy atom. The number of benzene rings is 1. The minimum atomic E-state index is -0.444. The number of nitrogens with zero attached hydrogens (tertiary/aromatic N) is 2. The number of para-hydroxylation sites is 1. The second-order valence-corrected chi connectivity index (χ2v) is 5.75. The molecule has 0 saturated heterocycles. The molecule has 0 saturated carbocycles. The molecule has 0 atom stereocenters. The third-order valence-corrected chi connectivity index (χ3v) is 4.20. The Kier molecular flexibility index (Phi) is 4.31. The van der Waals surface area contributed by atoms with E-state index in [2.05, 4.69) is 15.3 Å². The number of hydrogen-bond donors (Lipinski definition) is 1. The molecule has 1 N–H and O–H groups in total. The highest BCUT2D eigenvalue weighted by Gasteiger charge is 2.26. The zero-order chi connectivity index (χ0) is 15.5. The summed E-state index contributed by atoms with van der Waals surface area (Å²) in [5.41, 5.74) is 1.73. The normalized spacial score (nSPS) is 15.0. The molecule has 0 amide bonds. The molecule has 0 radical (unpaired) electrons. The maximum absolute atomic E-state index is 12.4. The predicted molar refractivity (Wildman–Crippen MR) is 86.5 cm³/mol. The number of anilines is 1. The Morgan fingerprint density at radius 2 is 2.18 bits per heavy atom. The van der Waals surface area contributed by atoms with E-state index in [1.54, 1.807) is 13.0 Å². The number of carbonyl (C=O) groups excluding carboxylic acids is 1. The molecule has 0 spiro atoms. The lowest BCUT2D eigenvalue weighted by atomic mass is 10.2. The molecule has 2 aromatic rings. The van der Waals surface area contributed by atoms with Gasteiger partial charge in [-0.15, -0.1) is 0 Å². The van der Waals surface area contributed by atoms with E-state index in [0.29, 0.717) is 16.3 Å². The van der Waals surface area contributed by atoms with Gasteiger partial charge in [-0.25, -0.2) is 14.8 Å².